The minimum atomic E-state index is -1.39. The number of aliphatic carboxylic acids is 1. The number of carbonyl (C=O) groups excluding carboxylic acids is 1. The summed E-state index contributed by atoms with van der Waals surface area (Å²) < 4.78 is 0. The molecule has 0 aromatic heterocycles. The van der Waals surface area contributed by atoms with Gasteiger partial charge in [-0.2, -0.15) is 0 Å². The fraction of sp³-hybridized carbons (Fsp3) is 0.714. The fourth-order valence-electron chi connectivity index (χ4n) is 0.579. The van der Waals surface area contributed by atoms with E-state index in [0.29, 0.717) is 0 Å². The van der Waals surface area contributed by atoms with E-state index in [1.54, 1.807) is 20.8 Å². The fourth-order valence-corrected chi connectivity index (χ4v) is 0.579. The quantitative estimate of drug-likeness (QED) is 0.556. The Labute approximate surface area is 65.4 Å². The first kappa shape index (κ1) is 10.1. The van der Waals surface area contributed by atoms with Crippen molar-refractivity contribution in [2.75, 3.05) is 0 Å². The molecule has 11 heavy (non-hydrogen) atoms. The van der Waals surface area contributed by atoms with Crippen LogP contribution in [-0.2, 0) is 9.59 Å². The maximum Gasteiger partial charge on any atom is 0.328 e. The predicted molar refractivity (Wildman–Crippen MR) is 40.1 cm³/mol. The van der Waals surface area contributed by atoms with Crippen LogP contribution in [0.5, 0.6) is 0 Å². The van der Waals surface area contributed by atoms with Crippen LogP contribution in [0.25, 0.3) is 0 Å². The largest absolute Gasteiger partial charge is 0.480 e. The summed E-state index contributed by atoms with van der Waals surface area (Å²) >= 11 is 0. The van der Waals surface area contributed by atoms with Gasteiger partial charge >= 0.3 is 5.97 Å². The number of ketones is 1. The Balaban J connectivity index is 4.39. The highest BCUT2D eigenvalue weighted by atomic mass is 16.4. The van der Waals surface area contributed by atoms with Crippen LogP contribution in [0, 0.1) is 5.41 Å². The molecule has 0 aliphatic rings. The van der Waals surface area contributed by atoms with Gasteiger partial charge in [0.15, 0.2) is 11.8 Å². The molecule has 0 rings (SSSR count). The molecule has 4 heteroatoms. The van der Waals surface area contributed by atoms with E-state index in [9.17, 15) is 9.59 Å². The number of hydrogen-bond acceptors (Lipinski definition) is 3. The predicted octanol–water partition coefficient (Wildman–Crippen LogP) is 0.0135. The molecule has 4 nitrogen and oxygen atoms in total. The highest BCUT2D eigenvalue weighted by Crippen LogP contribution is 2.15. The summed E-state index contributed by atoms with van der Waals surface area (Å²) in [4.78, 5) is 21.3. The van der Waals surface area contributed by atoms with Gasteiger partial charge in [0, 0.05) is 5.41 Å². The van der Waals surface area contributed by atoms with Crippen molar-refractivity contribution in [3.8, 4) is 0 Å². The molecule has 0 aliphatic carbocycles. The average Bonchev–Trinajstić information content (AvgIpc) is 1.82. The Morgan fingerprint density at radius 2 is 1.73 bits per heavy atom. The van der Waals surface area contributed by atoms with Crippen molar-refractivity contribution in [3.63, 3.8) is 0 Å². The smallest absolute Gasteiger partial charge is 0.328 e. The van der Waals surface area contributed by atoms with Crippen molar-refractivity contribution in [1.29, 1.82) is 0 Å². The lowest BCUT2D eigenvalue weighted by Gasteiger charge is -2.18. The van der Waals surface area contributed by atoms with E-state index in [1.807, 2.05) is 0 Å². The molecule has 0 saturated carbocycles. The van der Waals surface area contributed by atoms with E-state index in [4.69, 9.17) is 10.8 Å². The standard InChI is InChI=1S/C7H13NO3/c1-7(2,3)5(9)4(8)6(10)11/h4H,8H2,1-3H3,(H,10,11). The van der Waals surface area contributed by atoms with Gasteiger partial charge in [0.25, 0.3) is 0 Å². The van der Waals surface area contributed by atoms with Gasteiger partial charge in [0.05, 0.1) is 0 Å². The molecule has 64 valence electrons. The monoisotopic (exact) mass is 159 g/mol. The van der Waals surface area contributed by atoms with Crippen LogP contribution in [0.3, 0.4) is 0 Å². The van der Waals surface area contributed by atoms with Crippen LogP contribution in [0.15, 0.2) is 0 Å². The zero-order valence-corrected chi connectivity index (χ0v) is 6.92. The number of hydrogen-bond donors (Lipinski definition) is 2. The highest BCUT2D eigenvalue weighted by molar-refractivity contribution is 6.04. The molecule has 0 fully saturated rings. The van der Waals surface area contributed by atoms with Crippen molar-refractivity contribution in [2.45, 2.75) is 26.8 Å². The second kappa shape index (κ2) is 3.00. The van der Waals surface area contributed by atoms with Gasteiger partial charge in [0.2, 0.25) is 0 Å². The minimum Gasteiger partial charge on any atom is -0.480 e. The second-order valence-corrected chi connectivity index (χ2v) is 3.43. The lowest BCUT2D eigenvalue weighted by molar-refractivity contribution is -0.144. The molecule has 1 atom stereocenters. The van der Waals surface area contributed by atoms with Gasteiger partial charge in [-0.05, 0) is 0 Å². The summed E-state index contributed by atoms with van der Waals surface area (Å²) in [5, 5.41) is 8.37. The van der Waals surface area contributed by atoms with E-state index < -0.39 is 23.2 Å². The molecule has 0 aromatic rings. The van der Waals surface area contributed by atoms with Crippen molar-refractivity contribution >= 4 is 11.8 Å². The average molecular weight is 159 g/mol. The summed E-state index contributed by atoms with van der Waals surface area (Å²) in [5.74, 6) is -1.73. The number of carboxylic acid groups (broad SMARTS) is 1. The van der Waals surface area contributed by atoms with Gasteiger partial charge in [-0.3, -0.25) is 9.59 Å². The van der Waals surface area contributed by atoms with E-state index in [1.165, 1.54) is 0 Å². The number of nitrogens with two attached hydrogens (primary N) is 1. The summed E-state index contributed by atoms with van der Waals surface area (Å²) in [5.41, 5.74) is 4.41. The molecule has 0 aliphatic heterocycles. The zero-order chi connectivity index (χ0) is 9.23. The molecular formula is C7H13NO3. The first-order valence-electron chi connectivity index (χ1n) is 3.29. The maximum absolute atomic E-state index is 11.1. The van der Waals surface area contributed by atoms with Crippen LogP contribution >= 0.6 is 0 Å². The Kier molecular flexibility index (Phi) is 2.76. The van der Waals surface area contributed by atoms with Crippen LogP contribution in [0.1, 0.15) is 20.8 Å². The third kappa shape index (κ3) is 2.67. The van der Waals surface area contributed by atoms with Crippen LogP contribution in [0.4, 0.5) is 0 Å². The van der Waals surface area contributed by atoms with Gasteiger partial charge in [-0.1, -0.05) is 20.8 Å². The molecule has 0 aromatic carbocycles. The van der Waals surface area contributed by atoms with Crippen LogP contribution in [-0.4, -0.2) is 22.9 Å². The molecule has 0 bridgehead atoms. The molecule has 0 spiro atoms. The Bertz CT molecular complexity index is 181. The molecule has 3 N–H and O–H groups in total. The van der Waals surface area contributed by atoms with Crippen molar-refractivity contribution < 1.29 is 14.7 Å². The summed E-state index contributed by atoms with van der Waals surface area (Å²) in [6.45, 7) is 4.91. The lowest BCUT2D eigenvalue weighted by atomic mass is 9.87. The van der Waals surface area contributed by atoms with Crippen molar-refractivity contribution in [2.24, 2.45) is 11.1 Å². The number of Topliss-reactive ketones (excluding diaryl/α,β-unsaturated/α-hetero) is 1. The lowest BCUT2D eigenvalue weighted by Crippen LogP contribution is -2.44. The van der Waals surface area contributed by atoms with Crippen molar-refractivity contribution in [3.05, 3.63) is 0 Å². The molecule has 0 saturated heterocycles. The maximum atomic E-state index is 11.1. The number of carboxylic acids is 1. The SMILES string of the molecule is CC(C)(C)C(=O)C(N)C(=O)O. The topological polar surface area (TPSA) is 80.4 Å². The van der Waals surface area contributed by atoms with Gasteiger partial charge in [-0.15, -0.1) is 0 Å². The Hall–Kier alpha value is -0.900. The van der Waals surface area contributed by atoms with Gasteiger partial charge < -0.3 is 10.8 Å². The highest BCUT2D eigenvalue weighted by Gasteiger charge is 2.31. The normalized spacial score (nSPS) is 14.2. The molecule has 0 amide bonds. The summed E-state index contributed by atoms with van der Waals surface area (Å²) in [6.07, 6.45) is 0. The Morgan fingerprint density at radius 3 is 1.82 bits per heavy atom. The Morgan fingerprint density at radius 1 is 1.36 bits per heavy atom. The van der Waals surface area contributed by atoms with Crippen LogP contribution < -0.4 is 5.73 Å². The third-order valence-corrected chi connectivity index (χ3v) is 1.29. The van der Waals surface area contributed by atoms with Gasteiger partial charge in [0.1, 0.15) is 0 Å². The zero-order valence-electron chi connectivity index (χ0n) is 6.92. The summed E-state index contributed by atoms with van der Waals surface area (Å²) in [7, 11) is 0. The molecule has 0 radical (unpaired) electrons. The number of carbonyl (C=O) groups is 2. The van der Waals surface area contributed by atoms with E-state index in [-0.39, 0.29) is 0 Å². The third-order valence-electron chi connectivity index (χ3n) is 1.29. The summed E-state index contributed by atoms with van der Waals surface area (Å²) in [6, 6.07) is -1.39. The van der Waals surface area contributed by atoms with Gasteiger partial charge in [-0.25, -0.2) is 0 Å². The molecule has 1 unspecified atom stereocenters. The van der Waals surface area contributed by atoms with Crippen molar-refractivity contribution in [1.82, 2.24) is 0 Å². The molecule has 0 heterocycles. The van der Waals surface area contributed by atoms with E-state index in [2.05, 4.69) is 0 Å². The molecular weight excluding hydrogens is 146 g/mol. The number of rotatable bonds is 2. The minimum absolute atomic E-state index is 0.454. The first-order chi connectivity index (χ1) is 4.76. The first-order valence-corrected chi connectivity index (χ1v) is 3.29. The second-order valence-electron chi connectivity index (χ2n) is 3.43. The van der Waals surface area contributed by atoms with E-state index >= 15 is 0 Å². The van der Waals surface area contributed by atoms with E-state index in [0.717, 1.165) is 0 Å². The van der Waals surface area contributed by atoms with Crippen LogP contribution in [0.2, 0.25) is 0 Å².